The van der Waals surface area contributed by atoms with Gasteiger partial charge in [-0.3, -0.25) is 0 Å². The topological polar surface area (TPSA) is 24.9 Å². The van der Waals surface area contributed by atoms with Gasteiger partial charge in [0, 0.05) is 18.6 Å². The lowest BCUT2D eigenvalue weighted by molar-refractivity contribution is 0.572. The second kappa shape index (κ2) is 6.67. The lowest BCUT2D eigenvalue weighted by Gasteiger charge is -2.08. The number of pyridine rings is 1. The van der Waals surface area contributed by atoms with E-state index in [1.165, 1.54) is 12.0 Å². The molecule has 84 valence electrons. The summed E-state index contributed by atoms with van der Waals surface area (Å²) in [4.78, 5) is 4.24. The Labute approximate surface area is 97.1 Å². The number of hydrogen-bond acceptors (Lipinski definition) is 2. The van der Waals surface area contributed by atoms with Crippen LogP contribution in [0.2, 0.25) is 0 Å². The summed E-state index contributed by atoms with van der Waals surface area (Å²) in [5, 5.41) is 3.31. The molecule has 1 heterocycles. The van der Waals surface area contributed by atoms with Crippen LogP contribution in [-0.2, 0) is 0 Å². The molecule has 1 aromatic heterocycles. The highest BCUT2D eigenvalue weighted by Crippen LogP contribution is 2.09. The number of nitrogens with zero attached hydrogens (tertiary/aromatic N) is 1. The summed E-state index contributed by atoms with van der Waals surface area (Å²) in [6, 6.07) is 4.06. The van der Waals surface area contributed by atoms with Crippen molar-refractivity contribution in [1.29, 1.82) is 0 Å². The van der Waals surface area contributed by atoms with Gasteiger partial charge in [0.1, 0.15) is 5.82 Å². The van der Waals surface area contributed by atoms with E-state index in [0.29, 0.717) is 5.92 Å². The second-order valence-electron chi connectivity index (χ2n) is 4.05. The van der Waals surface area contributed by atoms with Crippen LogP contribution in [-0.4, -0.2) is 17.4 Å². The molecule has 0 aliphatic heterocycles. The van der Waals surface area contributed by atoms with Crippen molar-refractivity contribution < 1.29 is 0 Å². The number of aromatic nitrogens is 1. The zero-order valence-corrected chi connectivity index (χ0v) is 10.2. The van der Waals surface area contributed by atoms with E-state index in [1.54, 1.807) is 0 Å². The average Bonchev–Trinajstić information content (AvgIpc) is 2.24. The standard InChI is InChI=1S/C12H19ClN2/c1-10-5-7-15-12(8-10)14-6-3-4-11(2)9-13/h5,7-8,11H,3-4,6,9H2,1-2H3,(H,14,15). The fraction of sp³-hybridized carbons (Fsp3) is 0.583. The molecule has 0 aliphatic carbocycles. The molecule has 1 rings (SSSR count). The Hall–Kier alpha value is -0.760. The molecule has 1 atom stereocenters. The first-order valence-corrected chi connectivity index (χ1v) is 5.98. The number of halogens is 1. The molecule has 1 N–H and O–H groups in total. The van der Waals surface area contributed by atoms with Gasteiger partial charge in [-0.25, -0.2) is 4.98 Å². The minimum atomic E-state index is 0.610. The molecule has 0 saturated heterocycles. The van der Waals surface area contributed by atoms with Gasteiger partial charge < -0.3 is 5.32 Å². The molecular weight excluding hydrogens is 208 g/mol. The normalized spacial score (nSPS) is 12.5. The second-order valence-corrected chi connectivity index (χ2v) is 4.36. The molecule has 0 aromatic carbocycles. The fourth-order valence-electron chi connectivity index (χ4n) is 1.38. The van der Waals surface area contributed by atoms with Crippen molar-refractivity contribution >= 4 is 17.4 Å². The van der Waals surface area contributed by atoms with Crippen molar-refractivity contribution in [2.75, 3.05) is 17.7 Å². The highest BCUT2D eigenvalue weighted by atomic mass is 35.5. The lowest BCUT2D eigenvalue weighted by Crippen LogP contribution is -2.06. The molecule has 0 spiro atoms. The Morgan fingerprint density at radius 2 is 2.33 bits per heavy atom. The summed E-state index contributed by atoms with van der Waals surface area (Å²) >= 11 is 5.74. The Bertz CT molecular complexity index is 289. The summed E-state index contributed by atoms with van der Waals surface area (Å²) in [5.41, 5.74) is 1.24. The third-order valence-electron chi connectivity index (χ3n) is 2.36. The fourth-order valence-corrected chi connectivity index (χ4v) is 1.53. The maximum Gasteiger partial charge on any atom is 0.126 e. The molecule has 0 bridgehead atoms. The van der Waals surface area contributed by atoms with Gasteiger partial charge in [0.15, 0.2) is 0 Å². The van der Waals surface area contributed by atoms with E-state index in [2.05, 4.69) is 30.2 Å². The first-order chi connectivity index (χ1) is 7.22. The minimum absolute atomic E-state index is 0.610. The van der Waals surface area contributed by atoms with E-state index >= 15 is 0 Å². The van der Waals surface area contributed by atoms with E-state index < -0.39 is 0 Å². The molecule has 2 nitrogen and oxygen atoms in total. The number of anilines is 1. The van der Waals surface area contributed by atoms with E-state index in [-0.39, 0.29) is 0 Å². The molecular formula is C12H19ClN2. The van der Waals surface area contributed by atoms with Gasteiger partial charge in [0.25, 0.3) is 0 Å². The van der Waals surface area contributed by atoms with Crippen LogP contribution < -0.4 is 5.32 Å². The lowest BCUT2D eigenvalue weighted by atomic mass is 10.1. The van der Waals surface area contributed by atoms with Crippen LogP contribution in [0.1, 0.15) is 25.3 Å². The van der Waals surface area contributed by atoms with Crippen LogP contribution in [0, 0.1) is 12.8 Å². The summed E-state index contributed by atoms with van der Waals surface area (Å²) in [6.45, 7) is 5.22. The number of nitrogens with one attached hydrogen (secondary N) is 1. The van der Waals surface area contributed by atoms with Crippen molar-refractivity contribution in [3.8, 4) is 0 Å². The third kappa shape index (κ3) is 5.03. The van der Waals surface area contributed by atoms with Crippen molar-refractivity contribution in [3.63, 3.8) is 0 Å². The molecule has 0 fully saturated rings. The molecule has 0 saturated carbocycles. The van der Waals surface area contributed by atoms with E-state index in [9.17, 15) is 0 Å². The van der Waals surface area contributed by atoms with Crippen LogP contribution in [0.3, 0.4) is 0 Å². The quantitative estimate of drug-likeness (QED) is 0.594. The molecule has 0 aliphatic rings. The Kier molecular flexibility index (Phi) is 5.48. The first-order valence-electron chi connectivity index (χ1n) is 5.45. The highest BCUT2D eigenvalue weighted by Gasteiger charge is 1.99. The largest absolute Gasteiger partial charge is 0.370 e. The van der Waals surface area contributed by atoms with Crippen molar-refractivity contribution in [2.24, 2.45) is 5.92 Å². The van der Waals surface area contributed by atoms with Gasteiger partial charge in [-0.05, 0) is 43.4 Å². The van der Waals surface area contributed by atoms with Crippen LogP contribution in [0.5, 0.6) is 0 Å². The van der Waals surface area contributed by atoms with Crippen LogP contribution in [0.4, 0.5) is 5.82 Å². The molecule has 3 heteroatoms. The number of aryl methyl sites for hydroxylation is 1. The maximum atomic E-state index is 5.74. The van der Waals surface area contributed by atoms with Crippen LogP contribution >= 0.6 is 11.6 Å². The molecule has 15 heavy (non-hydrogen) atoms. The Balaban J connectivity index is 2.20. The minimum Gasteiger partial charge on any atom is -0.370 e. The molecule has 1 unspecified atom stereocenters. The number of alkyl halides is 1. The number of hydrogen-bond donors (Lipinski definition) is 1. The first kappa shape index (κ1) is 12.3. The molecule has 0 radical (unpaired) electrons. The van der Waals surface area contributed by atoms with Crippen molar-refractivity contribution in [3.05, 3.63) is 23.9 Å². The zero-order chi connectivity index (χ0) is 11.1. The van der Waals surface area contributed by atoms with Crippen molar-refractivity contribution in [2.45, 2.75) is 26.7 Å². The predicted octanol–water partition coefficient (Wildman–Crippen LogP) is 3.46. The third-order valence-corrected chi connectivity index (χ3v) is 2.89. The smallest absolute Gasteiger partial charge is 0.126 e. The van der Waals surface area contributed by atoms with E-state index in [1.807, 2.05) is 12.3 Å². The summed E-state index contributed by atoms with van der Waals surface area (Å²) < 4.78 is 0. The van der Waals surface area contributed by atoms with Gasteiger partial charge in [-0.15, -0.1) is 11.6 Å². The molecule has 0 amide bonds. The van der Waals surface area contributed by atoms with Gasteiger partial charge in [0.05, 0.1) is 0 Å². The number of rotatable bonds is 6. The van der Waals surface area contributed by atoms with E-state index in [0.717, 1.165) is 24.7 Å². The van der Waals surface area contributed by atoms with Crippen LogP contribution in [0.15, 0.2) is 18.3 Å². The summed E-state index contributed by atoms with van der Waals surface area (Å²) in [7, 11) is 0. The maximum absolute atomic E-state index is 5.74. The molecule has 1 aromatic rings. The average molecular weight is 227 g/mol. The summed E-state index contributed by atoms with van der Waals surface area (Å²) in [6.07, 6.45) is 4.14. The zero-order valence-electron chi connectivity index (χ0n) is 9.46. The Morgan fingerprint density at radius 1 is 1.53 bits per heavy atom. The predicted molar refractivity (Wildman–Crippen MR) is 66.6 cm³/mol. The monoisotopic (exact) mass is 226 g/mol. The Morgan fingerprint density at radius 3 is 3.00 bits per heavy atom. The van der Waals surface area contributed by atoms with Crippen LogP contribution in [0.25, 0.3) is 0 Å². The van der Waals surface area contributed by atoms with E-state index in [4.69, 9.17) is 11.6 Å². The van der Waals surface area contributed by atoms with Gasteiger partial charge in [-0.2, -0.15) is 0 Å². The van der Waals surface area contributed by atoms with Gasteiger partial charge >= 0.3 is 0 Å². The summed E-state index contributed by atoms with van der Waals surface area (Å²) in [5.74, 6) is 2.33. The SMILES string of the molecule is Cc1ccnc(NCCCC(C)CCl)c1. The van der Waals surface area contributed by atoms with Gasteiger partial charge in [0.2, 0.25) is 0 Å². The van der Waals surface area contributed by atoms with Gasteiger partial charge in [-0.1, -0.05) is 6.92 Å². The van der Waals surface area contributed by atoms with Crippen molar-refractivity contribution in [1.82, 2.24) is 4.98 Å². The highest BCUT2D eigenvalue weighted by molar-refractivity contribution is 6.18.